The minimum atomic E-state index is 0.0465. The van der Waals surface area contributed by atoms with Crippen molar-refractivity contribution < 1.29 is 4.74 Å². The van der Waals surface area contributed by atoms with Crippen molar-refractivity contribution >= 4 is 64.0 Å². The number of ether oxygens (including phenoxy) is 1. The van der Waals surface area contributed by atoms with Crippen LogP contribution in [0.5, 0.6) is 11.5 Å². The molecule has 0 saturated carbocycles. The molecule has 8 heteroatoms. The first-order valence-corrected chi connectivity index (χ1v) is 21.3. The quantitative estimate of drug-likeness (QED) is 0.142. The summed E-state index contributed by atoms with van der Waals surface area (Å²) in [7, 11) is 0. The van der Waals surface area contributed by atoms with Gasteiger partial charge in [0.25, 0.3) is 0 Å². The Kier molecular flexibility index (Phi) is 8.77. The normalized spacial score (nSPS) is 12.8. The van der Waals surface area contributed by atoms with E-state index in [4.69, 9.17) is 9.72 Å². The predicted molar refractivity (Wildman–Crippen MR) is 240 cm³/mol. The number of hydrogen-bond donors (Lipinski definition) is 0. The zero-order valence-electron chi connectivity index (χ0n) is 31.8. The van der Waals surface area contributed by atoms with Gasteiger partial charge in [0.1, 0.15) is 0 Å². The number of nitrogens with zero attached hydrogens (tertiary/aromatic N) is 6. The molecule has 0 fully saturated rings. The summed E-state index contributed by atoms with van der Waals surface area (Å²) in [5.74, 6) is 2.28. The van der Waals surface area contributed by atoms with Gasteiger partial charge in [0.2, 0.25) is 0 Å². The fourth-order valence-corrected chi connectivity index (χ4v) is 10.3. The van der Waals surface area contributed by atoms with E-state index in [9.17, 15) is 0 Å². The molecule has 11 rings (SSSR count). The predicted octanol–water partition coefficient (Wildman–Crippen LogP) is 11.1. The number of hydrogen-bond acceptors (Lipinski definition) is 6. The molecule has 7 nitrogen and oxygen atoms in total. The van der Waals surface area contributed by atoms with Crippen LogP contribution in [0.25, 0.3) is 27.9 Å². The van der Waals surface area contributed by atoms with Crippen molar-refractivity contribution in [3.05, 3.63) is 207 Å². The Balaban J connectivity index is 0.991. The summed E-state index contributed by atoms with van der Waals surface area (Å²) in [6.07, 6.45) is 7.81. The van der Waals surface area contributed by atoms with Gasteiger partial charge in [-0.3, -0.25) is 0 Å². The number of rotatable bonds is 8. The molecule has 0 spiro atoms. The third-order valence-electron chi connectivity index (χ3n) is 10.8. The fraction of sp³-hybridized carbons (Fsp3) is 0.0196. The van der Waals surface area contributed by atoms with Crippen LogP contribution in [0.4, 0.5) is 40.1 Å². The first-order valence-electron chi connectivity index (χ1n) is 19.6. The van der Waals surface area contributed by atoms with Gasteiger partial charge in [0.05, 0.1) is 0 Å². The molecule has 9 aromatic rings. The van der Waals surface area contributed by atoms with Crippen molar-refractivity contribution in [2.24, 2.45) is 0 Å². The average molecular weight is 828 g/mol. The molecule has 59 heavy (non-hydrogen) atoms. The van der Waals surface area contributed by atoms with E-state index < -0.39 is 0 Å². The second kappa shape index (κ2) is 14.8. The number of aromatic nitrogens is 3. The molecule has 4 heterocycles. The van der Waals surface area contributed by atoms with Crippen LogP contribution in [0.2, 0.25) is 0 Å². The third-order valence-corrected chi connectivity index (χ3v) is 13.2. The number of anilines is 7. The van der Waals surface area contributed by atoms with Crippen molar-refractivity contribution in [3.8, 4) is 39.4 Å². The Morgan fingerprint density at radius 2 is 1.10 bits per heavy atom. The number of benzene rings is 7. The molecule has 0 saturated heterocycles. The molecule has 0 unspecified atom stereocenters. The molecule has 2 aliphatic heterocycles. The van der Waals surface area contributed by atoms with E-state index in [1.54, 1.807) is 0 Å². The summed E-state index contributed by atoms with van der Waals surface area (Å²) in [6, 6.07) is 63.8. The number of para-hydroxylation sites is 4. The zero-order valence-corrected chi connectivity index (χ0v) is 33.5. The van der Waals surface area contributed by atoms with E-state index >= 15 is 0 Å². The van der Waals surface area contributed by atoms with Gasteiger partial charge in [-0.1, -0.05) is 24.3 Å². The van der Waals surface area contributed by atoms with Gasteiger partial charge in [0.15, 0.2) is 0 Å². The minimum absolute atomic E-state index is 0.0465. The summed E-state index contributed by atoms with van der Waals surface area (Å²) < 4.78 is 11.5. The maximum atomic E-state index is 6.76. The van der Waals surface area contributed by atoms with Crippen LogP contribution in [-0.2, 0) is 0 Å². The molecule has 0 atom stereocenters. The Morgan fingerprint density at radius 1 is 0.492 bits per heavy atom. The van der Waals surface area contributed by atoms with E-state index in [2.05, 4.69) is 206 Å². The Bertz CT molecular complexity index is 2900. The van der Waals surface area contributed by atoms with Gasteiger partial charge in [-0.2, -0.15) is 0 Å². The molecular formula is C51H36N6OSe. The van der Waals surface area contributed by atoms with Gasteiger partial charge in [-0.15, -0.1) is 0 Å². The average Bonchev–Trinajstić information content (AvgIpc) is 3.95. The fourth-order valence-electron chi connectivity index (χ4n) is 8.17. The zero-order chi connectivity index (χ0) is 39.1. The molecule has 2 aliphatic rings. The molecule has 2 aromatic heterocycles. The molecule has 0 N–H and O–H groups in total. The van der Waals surface area contributed by atoms with Crippen molar-refractivity contribution in [2.45, 2.75) is 0 Å². The summed E-state index contributed by atoms with van der Waals surface area (Å²) in [5, 5.41) is 0. The SMILES string of the molecule is c1ccc(-c2cccc(-c3ccccc3)c2-n2ccnc2N2c3cnccc3[Se]c3ccc(Oc4cccc(N5CN(c6ccccc6)c6ccccc65)c4)cc32)cc1. The summed E-state index contributed by atoms with van der Waals surface area (Å²) in [6.45, 7) is 0.697. The topological polar surface area (TPSA) is 49.7 Å². The van der Waals surface area contributed by atoms with Crippen LogP contribution in [-0.4, -0.2) is 36.2 Å². The number of imidazole rings is 1. The van der Waals surface area contributed by atoms with Crippen LogP contribution in [0.1, 0.15) is 0 Å². The monoisotopic (exact) mass is 828 g/mol. The first kappa shape index (κ1) is 34.8. The van der Waals surface area contributed by atoms with E-state index in [-0.39, 0.29) is 15.0 Å². The van der Waals surface area contributed by atoms with Crippen molar-refractivity contribution in [1.29, 1.82) is 0 Å². The van der Waals surface area contributed by atoms with Crippen LogP contribution in [0, 0.1) is 0 Å². The van der Waals surface area contributed by atoms with E-state index in [1.165, 1.54) is 14.6 Å². The summed E-state index contributed by atoms with van der Waals surface area (Å²) in [4.78, 5) is 16.7. The van der Waals surface area contributed by atoms with Crippen molar-refractivity contribution in [2.75, 3.05) is 21.4 Å². The Hall–Kier alpha value is -7.38. The van der Waals surface area contributed by atoms with Gasteiger partial charge < -0.3 is 0 Å². The third kappa shape index (κ3) is 6.32. The van der Waals surface area contributed by atoms with Gasteiger partial charge in [-0.05, 0) is 12.1 Å². The molecule has 0 radical (unpaired) electrons. The Labute approximate surface area is 349 Å². The summed E-state index contributed by atoms with van der Waals surface area (Å²) >= 11 is 0.0465. The van der Waals surface area contributed by atoms with Gasteiger partial charge in [0, 0.05) is 0 Å². The second-order valence-electron chi connectivity index (χ2n) is 14.4. The van der Waals surface area contributed by atoms with Crippen LogP contribution < -0.4 is 28.4 Å². The van der Waals surface area contributed by atoms with E-state index in [0.29, 0.717) is 6.67 Å². The van der Waals surface area contributed by atoms with Gasteiger partial charge in [-0.25, -0.2) is 0 Å². The number of pyridine rings is 1. The van der Waals surface area contributed by atoms with E-state index in [0.717, 1.165) is 73.8 Å². The van der Waals surface area contributed by atoms with Crippen LogP contribution >= 0.6 is 0 Å². The molecule has 282 valence electrons. The standard InChI is InChI=1S/C51H36N6OSe/c1-4-14-36(15-5-1)42-22-13-23-43(37-16-6-2-7-17-37)50(42)54-31-30-53-51(54)57-46-33-41(26-27-48(46)59-49-28-29-52-34-47(49)57)58-40-21-12-20-39(32-40)56-35-55(38-18-8-3-9-19-38)44-24-10-11-25-45(44)56/h1-34H,35H2. The maximum absolute atomic E-state index is 6.76. The first-order chi connectivity index (χ1) is 29.3. The van der Waals surface area contributed by atoms with Crippen molar-refractivity contribution in [1.82, 2.24) is 14.5 Å². The number of fused-ring (bicyclic) bond motifs is 3. The molecule has 7 aromatic carbocycles. The second-order valence-corrected chi connectivity index (χ2v) is 16.6. The summed E-state index contributed by atoms with van der Waals surface area (Å²) in [5.41, 5.74) is 12.1. The molecular weight excluding hydrogens is 792 g/mol. The molecule has 0 amide bonds. The molecule has 0 aliphatic carbocycles. The van der Waals surface area contributed by atoms with Crippen LogP contribution in [0.3, 0.4) is 0 Å². The Morgan fingerprint density at radius 3 is 1.83 bits per heavy atom. The van der Waals surface area contributed by atoms with Gasteiger partial charge >= 0.3 is 314 Å². The van der Waals surface area contributed by atoms with Crippen LogP contribution in [0.15, 0.2) is 207 Å². The molecule has 0 bridgehead atoms. The van der Waals surface area contributed by atoms with Crippen molar-refractivity contribution in [3.63, 3.8) is 0 Å². The van der Waals surface area contributed by atoms with E-state index in [1.807, 2.05) is 24.7 Å².